The number of hydrogen-bond acceptors (Lipinski definition) is 2. The van der Waals surface area contributed by atoms with Crippen molar-refractivity contribution in [3.8, 4) is 0 Å². The summed E-state index contributed by atoms with van der Waals surface area (Å²) in [5.74, 6) is 0.268. The molecule has 1 N–H and O–H groups in total. The predicted molar refractivity (Wildman–Crippen MR) is 70.3 cm³/mol. The zero-order valence-corrected chi connectivity index (χ0v) is 11.0. The first kappa shape index (κ1) is 13.5. The number of halogens is 2. The van der Waals surface area contributed by atoms with E-state index >= 15 is 0 Å². The van der Waals surface area contributed by atoms with Crippen LogP contribution in [-0.4, -0.2) is 18.9 Å². The highest BCUT2D eigenvalue weighted by Gasteiger charge is 2.17. The molecule has 0 unspecified atom stereocenters. The van der Waals surface area contributed by atoms with Crippen LogP contribution in [-0.2, 0) is 11.2 Å². The Hall–Kier alpha value is -0.930. The fourth-order valence-corrected chi connectivity index (χ4v) is 2.56. The van der Waals surface area contributed by atoms with Gasteiger partial charge in [-0.15, -0.1) is 0 Å². The number of rotatable bonds is 4. The van der Waals surface area contributed by atoms with Crippen molar-refractivity contribution in [3.05, 3.63) is 34.6 Å². The van der Waals surface area contributed by atoms with E-state index in [1.54, 1.807) is 0 Å². The van der Waals surface area contributed by atoms with Crippen LogP contribution in [0.1, 0.15) is 24.8 Å². The van der Waals surface area contributed by atoms with Crippen LogP contribution in [0.15, 0.2) is 18.2 Å². The van der Waals surface area contributed by atoms with Gasteiger partial charge in [-0.1, -0.05) is 11.6 Å². The summed E-state index contributed by atoms with van der Waals surface area (Å²) in [5, 5.41) is 3.74. The Labute approximate surface area is 112 Å². The minimum atomic E-state index is -0.343. The molecule has 0 saturated carbocycles. The molecule has 2 rings (SSSR count). The molecule has 2 nitrogen and oxygen atoms in total. The van der Waals surface area contributed by atoms with E-state index in [-0.39, 0.29) is 18.0 Å². The third kappa shape index (κ3) is 3.79. The SMILES string of the molecule is O=C(Cc1cc(F)ccc1Cl)CC1CCNCC1. The molecule has 4 heteroatoms. The van der Waals surface area contributed by atoms with Crippen molar-refractivity contribution in [3.63, 3.8) is 0 Å². The summed E-state index contributed by atoms with van der Waals surface area (Å²) in [6.07, 6.45) is 2.90. The molecule has 1 saturated heterocycles. The molecule has 0 atom stereocenters. The van der Waals surface area contributed by atoms with E-state index in [1.807, 2.05) is 0 Å². The highest BCUT2D eigenvalue weighted by atomic mass is 35.5. The van der Waals surface area contributed by atoms with Gasteiger partial charge in [-0.2, -0.15) is 0 Å². The number of carbonyl (C=O) groups excluding carboxylic acids is 1. The van der Waals surface area contributed by atoms with E-state index in [2.05, 4.69) is 5.32 Å². The number of piperidine rings is 1. The summed E-state index contributed by atoms with van der Waals surface area (Å²) in [6.45, 7) is 1.97. The molecule has 1 aromatic carbocycles. The molecule has 0 aromatic heterocycles. The van der Waals surface area contributed by atoms with E-state index in [9.17, 15) is 9.18 Å². The number of benzene rings is 1. The molecule has 1 fully saturated rings. The van der Waals surface area contributed by atoms with Crippen LogP contribution in [0.4, 0.5) is 4.39 Å². The Morgan fingerprint density at radius 2 is 2.11 bits per heavy atom. The van der Waals surface area contributed by atoms with Crippen molar-refractivity contribution >= 4 is 17.4 Å². The van der Waals surface area contributed by atoms with Crippen LogP contribution < -0.4 is 5.32 Å². The normalized spacial score (nSPS) is 16.8. The van der Waals surface area contributed by atoms with Crippen molar-refractivity contribution in [2.45, 2.75) is 25.7 Å². The fraction of sp³-hybridized carbons (Fsp3) is 0.500. The van der Waals surface area contributed by atoms with Gasteiger partial charge in [0.05, 0.1) is 0 Å². The lowest BCUT2D eigenvalue weighted by atomic mass is 9.91. The third-order valence-corrected chi connectivity index (χ3v) is 3.74. The average molecular weight is 270 g/mol. The first-order valence-electron chi connectivity index (χ1n) is 6.31. The minimum Gasteiger partial charge on any atom is -0.317 e. The summed E-state index contributed by atoms with van der Waals surface area (Å²) in [5.41, 5.74) is 0.593. The molecule has 18 heavy (non-hydrogen) atoms. The molecule has 1 heterocycles. The third-order valence-electron chi connectivity index (χ3n) is 3.37. The molecule has 0 amide bonds. The van der Waals surface area contributed by atoms with E-state index < -0.39 is 0 Å². The predicted octanol–water partition coefficient (Wildman–Crippen LogP) is 2.98. The van der Waals surface area contributed by atoms with Gasteiger partial charge in [0, 0.05) is 17.9 Å². The van der Waals surface area contributed by atoms with Crippen LogP contribution in [0.5, 0.6) is 0 Å². The largest absolute Gasteiger partial charge is 0.317 e. The maximum Gasteiger partial charge on any atom is 0.137 e. The first-order chi connectivity index (χ1) is 8.65. The second-order valence-corrected chi connectivity index (χ2v) is 5.26. The topological polar surface area (TPSA) is 29.1 Å². The standard InChI is InChI=1S/C14H17ClFNO/c15-14-2-1-12(16)8-11(14)9-13(18)7-10-3-5-17-6-4-10/h1-2,8,10,17H,3-7,9H2. The van der Waals surface area contributed by atoms with Gasteiger partial charge in [-0.3, -0.25) is 4.79 Å². The Morgan fingerprint density at radius 1 is 1.39 bits per heavy atom. The van der Waals surface area contributed by atoms with Crippen LogP contribution in [0.2, 0.25) is 5.02 Å². The quantitative estimate of drug-likeness (QED) is 0.910. The summed E-state index contributed by atoms with van der Waals surface area (Å²) < 4.78 is 13.1. The summed E-state index contributed by atoms with van der Waals surface area (Å²) in [7, 11) is 0. The molecular formula is C14H17ClFNO. The van der Waals surface area contributed by atoms with Crippen molar-refractivity contribution in [2.24, 2.45) is 5.92 Å². The van der Waals surface area contributed by atoms with Crippen LogP contribution in [0.3, 0.4) is 0 Å². The molecule has 0 aliphatic carbocycles. The van der Waals surface area contributed by atoms with E-state index in [1.165, 1.54) is 18.2 Å². The number of nitrogens with one attached hydrogen (secondary N) is 1. The van der Waals surface area contributed by atoms with Crippen molar-refractivity contribution in [1.29, 1.82) is 0 Å². The highest BCUT2D eigenvalue weighted by Crippen LogP contribution is 2.21. The average Bonchev–Trinajstić information content (AvgIpc) is 2.35. The zero-order chi connectivity index (χ0) is 13.0. The Balaban J connectivity index is 1.92. The van der Waals surface area contributed by atoms with Crippen LogP contribution in [0.25, 0.3) is 0 Å². The first-order valence-corrected chi connectivity index (χ1v) is 6.69. The summed E-state index contributed by atoms with van der Waals surface area (Å²) in [6, 6.07) is 4.16. The number of Topliss-reactive ketones (excluding diaryl/α,β-unsaturated/α-hetero) is 1. The second-order valence-electron chi connectivity index (χ2n) is 4.85. The lowest BCUT2D eigenvalue weighted by Crippen LogP contribution is -2.29. The molecule has 98 valence electrons. The molecule has 0 radical (unpaired) electrons. The van der Waals surface area contributed by atoms with Gasteiger partial charge in [0.15, 0.2) is 0 Å². The van der Waals surface area contributed by atoms with Crippen molar-refractivity contribution in [2.75, 3.05) is 13.1 Å². The smallest absolute Gasteiger partial charge is 0.137 e. The zero-order valence-electron chi connectivity index (χ0n) is 10.2. The van der Waals surface area contributed by atoms with Gasteiger partial charge in [0.25, 0.3) is 0 Å². The van der Waals surface area contributed by atoms with Gasteiger partial charge in [0.2, 0.25) is 0 Å². The Kier molecular flexibility index (Phi) is 4.72. The number of ketones is 1. The maximum atomic E-state index is 13.1. The molecule has 1 aliphatic rings. The maximum absolute atomic E-state index is 13.1. The Bertz CT molecular complexity index is 430. The van der Waals surface area contributed by atoms with E-state index in [0.29, 0.717) is 22.9 Å². The van der Waals surface area contributed by atoms with Crippen LogP contribution >= 0.6 is 11.6 Å². The van der Waals surface area contributed by atoms with Gasteiger partial charge in [-0.05, 0) is 55.6 Å². The van der Waals surface area contributed by atoms with E-state index in [0.717, 1.165) is 25.9 Å². The minimum absolute atomic E-state index is 0.148. The summed E-state index contributed by atoms with van der Waals surface area (Å²) >= 11 is 5.95. The summed E-state index contributed by atoms with van der Waals surface area (Å²) in [4.78, 5) is 11.9. The van der Waals surface area contributed by atoms with Crippen molar-refractivity contribution in [1.82, 2.24) is 5.32 Å². The van der Waals surface area contributed by atoms with Gasteiger partial charge in [0.1, 0.15) is 11.6 Å². The van der Waals surface area contributed by atoms with Gasteiger partial charge >= 0.3 is 0 Å². The molecule has 0 bridgehead atoms. The fourth-order valence-electron chi connectivity index (χ4n) is 2.37. The van der Waals surface area contributed by atoms with E-state index in [4.69, 9.17) is 11.6 Å². The number of hydrogen-bond donors (Lipinski definition) is 1. The van der Waals surface area contributed by atoms with Crippen molar-refractivity contribution < 1.29 is 9.18 Å². The van der Waals surface area contributed by atoms with Gasteiger partial charge < -0.3 is 5.32 Å². The van der Waals surface area contributed by atoms with Gasteiger partial charge in [-0.25, -0.2) is 4.39 Å². The Morgan fingerprint density at radius 3 is 2.83 bits per heavy atom. The van der Waals surface area contributed by atoms with Crippen LogP contribution in [0, 0.1) is 11.7 Å². The monoisotopic (exact) mass is 269 g/mol. The molecule has 0 spiro atoms. The lowest BCUT2D eigenvalue weighted by Gasteiger charge is -2.21. The number of carbonyl (C=O) groups is 1. The molecule has 1 aliphatic heterocycles. The molecular weight excluding hydrogens is 253 g/mol. The highest BCUT2D eigenvalue weighted by molar-refractivity contribution is 6.31. The lowest BCUT2D eigenvalue weighted by molar-refractivity contribution is -0.119. The second kappa shape index (κ2) is 6.30. The molecule has 1 aromatic rings.